The molecule has 0 aromatic rings. The van der Waals surface area contributed by atoms with Crippen molar-refractivity contribution in [3.8, 4) is 6.07 Å². The summed E-state index contributed by atoms with van der Waals surface area (Å²) in [6, 6.07) is 2.78. The van der Waals surface area contributed by atoms with Gasteiger partial charge in [-0.1, -0.05) is 31.6 Å². The molecule has 0 N–H and O–H groups in total. The van der Waals surface area contributed by atoms with Crippen LogP contribution in [0.2, 0.25) is 0 Å². The molecule has 0 amide bonds. The van der Waals surface area contributed by atoms with E-state index in [1.54, 1.807) is 0 Å². The fraction of sp³-hybridized carbons (Fsp3) is 0.760. The van der Waals surface area contributed by atoms with Gasteiger partial charge in [0.2, 0.25) is 0 Å². The summed E-state index contributed by atoms with van der Waals surface area (Å²) in [6.45, 7) is 9.08. The lowest BCUT2D eigenvalue weighted by Gasteiger charge is -2.58. The van der Waals surface area contributed by atoms with Gasteiger partial charge >= 0.3 is 0 Å². The zero-order chi connectivity index (χ0) is 19.0. The molecule has 4 fully saturated rings. The predicted octanol–water partition coefficient (Wildman–Crippen LogP) is 5.85. The normalized spacial score (nSPS) is 48.9. The number of carbonyl (C=O) groups is 1. The van der Waals surface area contributed by atoms with Crippen LogP contribution in [0.5, 0.6) is 0 Å². The molecule has 5 aliphatic carbocycles. The highest BCUT2D eigenvalue weighted by molar-refractivity contribution is 5.91. The number of fused-ring (bicyclic) bond motifs is 5. The Morgan fingerprint density at radius 1 is 1.22 bits per heavy atom. The van der Waals surface area contributed by atoms with Crippen LogP contribution in [-0.2, 0) is 4.79 Å². The smallest absolute Gasteiger partial charge is 0.155 e. The van der Waals surface area contributed by atoms with E-state index in [0.717, 1.165) is 62.2 Å². The Hall–Kier alpha value is -1.36. The molecular weight excluding hydrogens is 330 g/mol. The number of carbonyl (C=O) groups excluding carboxylic acids is 1. The summed E-state index contributed by atoms with van der Waals surface area (Å²) in [7, 11) is 0. The van der Waals surface area contributed by atoms with Crippen LogP contribution in [0, 0.1) is 57.7 Å². The molecule has 4 saturated carbocycles. The molecule has 0 spiro atoms. The number of ketones is 1. The first-order valence-electron chi connectivity index (χ1n) is 11.3. The summed E-state index contributed by atoms with van der Waals surface area (Å²) in [6.07, 6.45) is 12.1. The second kappa shape index (κ2) is 5.82. The summed E-state index contributed by atoms with van der Waals surface area (Å²) in [5.41, 5.74) is 2.48. The molecule has 144 valence electrons. The maximum atomic E-state index is 12.1. The topological polar surface area (TPSA) is 40.9 Å². The number of nitriles is 1. The van der Waals surface area contributed by atoms with Crippen LogP contribution in [0.25, 0.3) is 0 Å². The Balaban J connectivity index is 1.58. The number of nitrogens with zero attached hydrogens (tertiary/aromatic N) is 1. The van der Waals surface area contributed by atoms with Crippen LogP contribution in [0.3, 0.4) is 0 Å². The van der Waals surface area contributed by atoms with Gasteiger partial charge in [0.25, 0.3) is 0 Å². The van der Waals surface area contributed by atoms with Crippen molar-refractivity contribution in [1.82, 2.24) is 0 Å². The first kappa shape index (κ1) is 17.7. The Labute approximate surface area is 164 Å². The van der Waals surface area contributed by atoms with Crippen molar-refractivity contribution >= 4 is 5.78 Å². The quantitative estimate of drug-likeness (QED) is 0.577. The molecule has 5 rings (SSSR count). The van der Waals surface area contributed by atoms with Gasteiger partial charge in [0.05, 0.1) is 11.5 Å². The third-order valence-electron chi connectivity index (χ3n) is 9.77. The van der Waals surface area contributed by atoms with E-state index in [4.69, 9.17) is 0 Å². The number of hydrogen-bond donors (Lipinski definition) is 0. The van der Waals surface area contributed by atoms with E-state index in [1.165, 1.54) is 30.4 Å². The van der Waals surface area contributed by atoms with E-state index >= 15 is 0 Å². The van der Waals surface area contributed by atoms with Gasteiger partial charge in [0, 0.05) is 6.42 Å². The zero-order valence-electron chi connectivity index (χ0n) is 17.0. The minimum absolute atomic E-state index is 0.0909. The largest absolute Gasteiger partial charge is 0.295 e. The van der Waals surface area contributed by atoms with Crippen molar-refractivity contribution in [2.75, 3.05) is 0 Å². The van der Waals surface area contributed by atoms with Crippen LogP contribution in [0.4, 0.5) is 0 Å². The molecule has 7 atom stereocenters. The summed E-state index contributed by atoms with van der Waals surface area (Å²) in [5.74, 6) is 4.70. The SMILES string of the molecule is C=C1C[C@H]2[C@@H]3C(C4CC4)CC4=CC(=O)CC[C@@H]4[C@H]3CC[C@]2(C)[C@]1(C#N)CC. The van der Waals surface area contributed by atoms with Gasteiger partial charge in [-0.2, -0.15) is 5.26 Å². The molecule has 0 bridgehead atoms. The minimum atomic E-state index is -0.324. The molecule has 0 heterocycles. The van der Waals surface area contributed by atoms with Crippen molar-refractivity contribution in [1.29, 1.82) is 5.26 Å². The van der Waals surface area contributed by atoms with E-state index in [0.29, 0.717) is 17.6 Å². The summed E-state index contributed by atoms with van der Waals surface area (Å²) in [4.78, 5) is 12.1. The van der Waals surface area contributed by atoms with Gasteiger partial charge in [-0.3, -0.25) is 4.79 Å². The van der Waals surface area contributed by atoms with Crippen molar-refractivity contribution < 1.29 is 4.79 Å². The Kier molecular flexibility index (Phi) is 3.82. The van der Waals surface area contributed by atoms with E-state index in [9.17, 15) is 10.1 Å². The Bertz CT molecular complexity index is 768. The average molecular weight is 364 g/mol. The second-order valence-electron chi connectivity index (χ2n) is 10.5. The van der Waals surface area contributed by atoms with Crippen molar-refractivity contribution in [3.63, 3.8) is 0 Å². The molecule has 0 aromatic heterocycles. The van der Waals surface area contributed by atoms with Gasteiger partial charge in [-0.15, -0.1) is 0 Å². The minimum Gasteiger partial charge on any atom is -0.295 e. The fourth-order valence-corrected chi connectivity index (χ4v) is 8.31. The monoisotopic (exact) mass is 363 g/mol. The molecule has 0 aliphatic heterocycles. The van der Waals surface area contributed by atoms with Crippen molar-refractivity contribution in [3.05, 3.63) is 23.8 Å². The lowest BCUT2D eigenvalue weighted by Crippen LogP contribution is -2.52. The van der Waals surface area contributed by atoms with E-state index in [-0.39, 0.29) is 10.8 Å². The van der Waals surface area contributed by atoms with Gasteiger partial charge in [0.1, 0.15) is 0 Å². The Morgan fingerprint density at radius 3 is 2.67 bits per heavy atom. The van der Waals surface area contributed by atoms with E-state index in [2.05, 4.69) is 26.5 Å². The molecule has 0 saturated heterocycles. The van der Waals surface area contributed by atoms with Crippen LogP contribution in [0.1, 0.15) is 71.6 Å². The molecule has 1 unspecified atom stereocenters. The average Bonchev–Trinajstić information content (AvgIpc) is 3.46. The molecule has 0 radical (unpaired) electrons. The molecule has 27 heavy (non-hydrogen) atoms. The second-order valence-corrected chi connectivity index (χ2v) is 10.5. The Morgan fingerprint density at radius 2 is 2.00 bits per heavy atom. The van der Waals surface area contributed by atoms with Crippen LogP contribution < -0.4 is 0 Å². The summed E-state index contributed by atoms with van der Waals surface area (Å²) >= 11 is 0. The predicted molar refractivity (Wildman–Crippen MR) is 107 cm³/mol. The van der Waals surface area contributed by atoms with Crippen molar-refractivity contribution in [2.24, 2.45) is 46.3 Å². The first-order chi connectivity index (χ1) is 12.9. The highest BCUT2D eigenvalue weighted by Crippen LogP contribution is 2.72. The lowest BCUT2D eigenvalue weighted by molar-refractivity contribution is -0.116. The molecule has 0 aromatic carbocycles. The van der Waals surface area contributed by atoms with Crippen molar-refractivity contribution in [2.45, 2.75) is 71.6 Å². The fourth-order valence-electron chi connectivity index (χ4n) is 8.31. The van der Waals surface area contributed by atoms with E-state index in [1.807, 2.05) is 6.08 Å². The van der Waals surface area contributed by atoms with Gasteiger partial charge < -0.3 is 0 Å². The zero-order valence-corrected chi connectivity index (χ0v) is 17.0. The van der Waals surface area contributed by atoms with Gasteiger partial charge in [-0.05, 0) is 98.4 Å². The van der Waals surface area contributed by atoms with Gasteiger partial charge in [0.15, 0.2) is 5.78 Å². The van der Waals surface area contributed by atoms with Crippen LogP contribution in [0.15, 0.2) is 23.8 Å². The first-order valence-corrected chi connectivity index (χ1v) is 11.3. The van der Waals surface area contributed by atoms with E-state index < -0.39 is 0 Å². The van der Waals surface area contributed by atoms with Crippen LogP contribution in [-0.4, -0.2) is 5.78 Å². The third-order valence-corrected chi connectivity index (χ3v) is 9.77. The summed E-state index contributed by atoms with van der Waals surface area (Å²) < 4.78 is 0. The number of rotatable bonds is 2. The molecule has 2 nitrogen and oxygen atoms in total. The highest BCUT2D eigenvalue weighted by atomic mass is 16.1. The highest BCUT2D eigenvalue weighted by Gasteiger charge is 2.66. The standard InChI is InChI=1S/C25H33NO/c1-4-25(14-26)15(2)11-22-23-20(9-10-24(22,25)3)19-8-7-18(27)12-17(19)13-21(23)16-5-6-16/h12,16,19-23H,2,4-11,13H2,1,3H3/t19-,20+,21?,22-,23-,24-,25-/m0/s1. The summed E-state index contributed by atoms with van der Waals surface area (Å²) in [5, 5.41) is 10.2. The van der Waals surface area contributed by atoms with Gasteiger partial charge in [-0.25, -0.2) is 0 Å². The molecule has 5 aliphatic rings. The maximum Gasteiger partial charge on any atom is 0.155 e. The maximum absolute atomic E-state index is 12.1. The third kappa shape index (κ3) is 2.21. The van der Waals surface area contributed by atoms with Crippen LogP contribution >= 0.6 is 0 Å². The lowest BCUT2D eigenvalue weighted by atomic mass is 9.46. The number of hydrogen-bond acceptors (Lipinski definition) is 2. The molecule has 2 heteroatoms. The number of allylic oxidation sites excluding steroid dienone is 2. The molecular formula is C25H33NO.